The molecule has 1 unspecified atom stereocenters. The fourth-order valence-corrected chi connectivity index (χ4v) is 2.24. The van der Waals surface area contributed by atoms with Gasteiger partial charge in [0, 0.05) is 23.7 Å². The van der Waals surface area contributed by atoms with Gasteiger partial charge in [-0.1, -0.05) is 18.5 Å². The van der Waals surface area contributed by atoms with Crippen LogP contribution in [0.2, 0.25) is 5.02 Å². The van der Waals surface area contributed by atoms with Crippen LogP contribution in [0.25, 0.3) is 11.3 Å². The van der Waals surface area contributed by atoms with E-state index >= 15 is 0 Å². The third kappa shape index (κ3) is 3.48. The van der Waals surface area contributed by atoms with E-state index in [2.05, 4.69) is 15.5 Å². The molecule has 2 rings (SSSR count). The topological polar surface area (TPSA) is 78.3 Å². The average Bonchev–Trinajstić information content (AvgIpc) is 2.49. The molecule has 0 aliphatic carbocycles. The van der Waals surface area contributed by atoms with Crippen LogP contribution in [0, 0.1) is 19.8 Å². The van der Waals surface area contributed by atoms with Gasteiger partial charge in [-0.25, -0.2) is 0 Å². The lowest BCUT2D eigenvalue weighted by Gasteiger charge is -2.15. The Balaban J connectivity index is 2.34. The summed E-state index contributed by atoms with van der Waals surface area (Å²) in [5.41, 5.74) is 3.14. The van der Waals surface area contributed by atoms with Gasteiger partial charge >= 0.3 is 0 Å². The van der Waals surface area contributed by atoms with E-state index in [4.69, 9.17) is 16.7 Å². The predicted molar refractivity (Wildman–Crippen MR) is 88.4 cm³/mol. The molecular formula is C16H20ClN3O2. The van der Waals surface area contributed by atoms with Gasteiger partial charge in [-0.15, -0.1) is 10.2 Å². The molecule has 0 aliphatic rings. The monoisotopic (exact) mass is 321 g/mol. The third-order valence-electron chi connectivity index (χ3n) is 3.67. The van der Waals surface area contributed by atoms with E-state index in [0.717, 1.165) is 11.1 Å². The molecule has 0 amide bonds. The van der Waals surface area contributed by atoms with E-state index in [1.165, 1.54) is 6.07 Å². The standard InChI is InChI=1S/C16H20ClN3O2/c1-9(8-21)7-18-16-11(3)10(2)15(19-20-16)13-5-4-12(17)6-14(13)22/h4-6,9,21-22H,7-8H2,1-3H3,(H,18,20). The van der Waals surface area contributed by atoms with Crippen molar-refractivity contribution < 1.29 is 10.2 Å². The highest BCUT2D eigenvalue weighted by Gasteiger charge is 2.15. The minimum atomic E-state index is 0.0823. The summed E-state index contributed by atoms with van der Waals surface area (Å²) in [7, 11) is 0. The van der Waals surface area contributed by atoms with Gasteiger partial charge < -0.3 is 15.5 Å². The normalized spacial score (nSPS) is 12.2. The number of nitrogens with one attached hydrogen (secondary N) is 1. The van der Waals surface area contributed by atoms with Crippen molar-refractivity contribution in [3.05, 3.63) is 34.3 Å². The first-order chi connectivity index (χ1) is 10.4. The number of aromatic hydroxyl groups is 1. The van der Waals surface area contributed by atoms with E-state index in [-0.39, 0.29) is 18.3 Å². The lowest BCUT2D eigenvalue weighted by atomic mass is 10.0. The SMILES string of the molecule is Cc1c(NCC(C)CO)nnc(-c2ccc(Cl)cc2O)c1C. The zero-order valence-electron chi connectivity index (χ0n) is 12.9. The summed E-state index contributed by atoms with van der Waals surface area (Å²) in [6, 6.07) is 4.93. The second kappa shape index (κ2) is 6.94. The first-order valence-corrected chi connectivity index (χ1v) is 7.49. The zero-order chi connectivity index (χ0) is 16.3. The molecule has 5 nitrogen and oxygen atoms in total. The summed E-state index contributed by atoms with van der Waals surface area (Å²) in [5.74, 6) is 0.912. The first-order valence-electron chi connectivity index (χ1n) is 7.11. The number of anilines is 1. The molecule has 22 heavy (non-hydrogen) atoms. The van der Waals surface area contributed by atoms with Crippen molar-refractivity contribution in [3.63, 3.8) is 0 Å². The van der Waals surface area contributed by atoms with Crippen molar-refractivity contribution in [3.8, 4) is 17.0 Å². The van der Waals surface area contributed by atoms with Gasteiger partial charge in [0.05, 0.1) is 5.69 Å². The first kappa shape index (κ1) is 16.5. The van der Waals surface area contributed by atoms with E-state index in [1.807, 2.05) is 20.8 Å². The van der Waals surface area contributed by atoms with Crippen molar-refractivity contribution >= 4 is 17.4 Å². The molecule has 6 heteroatoms. The van der Waals surface area contributed by atoms with Crippen LogP contribution in [0.5, 0.6) is 5.75 Å². The maximum Gasteiger partial charge on any atom is 0.151 e. The van der Waals surface area contributed by atoms with Gasteiger partial charge in [-0.2, -0.15) is 0 Å². The second-order valence-corrected chi connectivity index (χ2v) is 5.91. The molecule has 0 fully saturated rings. The Morgan fingerprint density at radius 3 is 2.59 bits per heavy atom. The van der Waals surface area contributed by atoms with E-state index in [1.54, 1.807) is 12.1 Å². The highest BCUT2D eigenvalue weighted by Crippen LogP contribution is 2.33. The molecule has 0 radical (unpaired) electrons. The quantitative estimate of drug-likeness (QED) is 0.788. The van der Waals surface area contributed by atoms with Crippen LogP contribution in [0.4, 0.5) is 5.82 Å². The molecular weight excluding hydrogens is 302 g/mol. The van der Waals surface area contributed by atoms with E-state index in [9.17, 15) is 5.11 Å². The summed E-state index contributed by atoms with van der Waals surface area (Å²) in [6.45, 7) is 6.58. The molecule has 0 bridgehead atoms. The van der Waals surface area contributed by atoms with Crippen molar-refractivity contribution in [1.82, 2.24) is 10.2 Å². The van der Waals surface area contributed by atoms with Crippen molar-refractivity contribution in [1.29, 1.82) is 0 Å². The number of hydrogen-bond donors (Lipinski definition) is 3. The number of benzene rings is 1. The Morgan fingerprint density at radius 1 is 1.23 bits per heavy atom. The lowest BCUT2D eigenvalue weighted by molar-refractivity contribution is 0.244. The van der Waals surface area contributed by atoms with Crippen LogP contribution >= 0.6 is 11.6 Å². The Kier molecular flexibility index (Phi) is 5.21. The molecule has 0 saturated carbocycles. The van der Waals surface area contributed by atoms with Crippen LogP contribution in [0.3, 0.4) is 0 Å². The Hall–Kier alpha value is -1.85. The van der Waals surface area contributed by atoms with Gasteiger partial charge in [0.2, 0.25) is 0 Å². The van der Waals surface area contributed by atoms with Crippen molar-refractivity contribution in [2.45, 2.75) is 20.8 Å². The number of aliphatic hydroxyl groups is 1. The molecule has 3 N–H and O–H groups in total. The highest BCUT2D eigenvalue weighted by molar-refractivity contribution is 6.30. The van der Waals surface area contributed by atoms with E-state index in [0.29, 0.717) is 28.6 Å². The predicted octanol–water partition coefficient (Wildman–Crippen LogP) is 3.16. The number of rotatable bonds is 5. The summed E-state index contributed by atoms with van der Waals surface area (Å²) < 4.78 is 0. The van der Waals surface area contributed by atoms with Gasteiger partial charge in [-0.3, -0.25) is 0 Å². The molecule has 1 atom stereocenters. The lowest BCUT2D eigenvalue weighted by Crippen LogP contribution is -2.16. The average molecular weight is 322 g/mol. The summed E-state index contributed by atoms with van der Waals surface area (Å²) in [6.07, 6.45) is 0. The summed E-state index contributed by atoms with van der Waals surface area (Å²) in [5, 5.41) is 31.2. The van der Waals surface area contributed by atoms with Gasteiger partial charge in [0.1, 0.15) is 5.75 Å². The zero-order valence-corrected chi connectivity index (χ0v) is 13.6. The van der Waals surface area contributed by atoms with E-state index < -0.39 is 0 Å². The fraction of sp³-hybridized carbons (Fsp3) is 0.375. The van der Waals surface area contributed by atoms with Crippen LogP contribution < -0.4 is 5.32 Å². The fourth-order valence-electron chi connectivity index (χ4n) is 2.07. The maximum absolute atomic E-state index is 10.0. The minimum absolute atomic E-state index is 0.0823. The number of aromatic nitrogens is 2. The van der Waals surface area contributed by atoms with Crippen LogP contribution in [-0.2, 0) is 0 Å². The number of aliphatic hydroxyl groups excluding tert-OH is 1. The van der Waals surface area contributed by atoms with Gasteiger partial charge in [0.25, 0.3) is 0 Å². The molecule has 1 heterocycles. The van der Waals surface area contributed by atoms with Crippen LogP contribution in [-0.4, -0.2) is 33.6 Å². The molecule has 1 aromatic heterocycles. The molecule has 0 spiro atoms. The summed E-state index contributed by atoms with van der Waals surface area (Å²) in [4.78, 5) is 0. The Morgan fingerprint density at radius 2 is 1.95 bits per heavy atom. The van der Waals surface area contributed by atoms with Crippen LogP contribution in [0.1, 0.15) is 18.1 Å². The highest BCUT2D eigenvalue weighted by atomic mass is 35.5. The van der Waals surface area contributed by atoms with Gasteiger partial charge in [-0.05, 0) is 49.1 Å². The molecule has 1 aromatic carbocycles. The largest absolute Gasteiger partial charge is 0.507 e. The van der Waals surface area contributed by atoms with Gasteiger partial charge in [0.15, 0.2) is 5.82 Å². The smallest absolute Gasteiger partial charge is 0.151 e. The summed E-state index contributed by atoms with van der Waals surface area (Å²) >= 11 is 5.86. The molecule has 0 aliphatic heterocycles. The van der Waals surface area contributed by atoms with Crippen molar-refractivity contribution in [2.75, 3.05) is 18.5 Å². The molecule has 0 saturated heterocycles. The number of phenols is 1. The van der Waals surface area contributed by atoms with Crippen LogP contribution in [0.15, 0.2) is 18.2 Å². The third-order valence-corrected chi connectivity index (χ3v) is 3.90. The Labute approximate surface area is 135 Å². The Bertz CT molecular complexity index is 677. The number of nitrogens with zero attached hydrogens (tertiary/aromatic N) is 2. The minimum Gasteiger partial charge on any atom is -0.507 e. The number of halogens is 1. The van der Waals surface area contributed by atoms with Crippen molar-refractivity contribution in [2.24, 2.45) is 5.92 Å². The number of phenolic OH excluding ortho intramolecular Hbond substituents is 1. The second-order valence-electron chi connectivity index (χ2n) is 5.48. The maximum atomic E-state index is 10.0. The molecule has 2 aromatic rings. The molecule has 118 valence electrons. The number of hydrogen-bond acceptors (Lipinski definition) is 5.